The molecule has 1 aliphatic rings. The minimum Gasteiger partial charge on any atom is -0.383 e. The van der Waals surface area contributed by atoms with Crippen LogP contribution in [0.3, 0.4) is 0 Å². The maximum atomic E-state index is 10.9. The molecule has 8 nitrogen and oxygen atoms in total. The van der Waals surface area contributed by atoms with Crippen molar-refractivity contribution in [3.63, 3.8) is 0 Å². The first-order valence-electron chi connectivity index (χ1n) is 9.11. The lowest BCUT2D eigenvalue weighted by atomic mass is 10.1. The number of methoxy groups -OCH3 is 1. The smallest absolute Gasteiger partial charge is 0.269 e. The van der Waals surface area contributed by atoms with Crippen LogP contribution >= 0.6 is 0 Å². The Labute approximate surface area is 154 Å². The minimum atomic E-state index is -0.381. The SMILES string of the molecule is CCNC(=NCc1cccc([N+](=O)[O-])c1)NC1CCN(CCOC)CC1. The molecule has 1 aromatic rings. The van der Waals surface area contributed by atoms with Crippen LogP contribution in [0.1, 0.15) is 25.3 Å². The lowest BCUT2D eigenvalue weighted by Gasteiger charge is -2.32. The highest BCUT2D eigenvalue weighted by Crippen LogP contribution is 2.14. The van der Waals surface area contributed by atoms with E-state index in [1.807, 2.05) is 13.0 Å². The van der Waals surface area contributed by atoms with Gasteiger partial charge in [-0.2, -0.15) is 0 Å². The predicted octanol–water partition coefficient (Wildman–Crippen LogP) is 1.76. The van der Waals surface area contributed by atoms with Crippen LogP contribution < -0.4 is 10.6 Å². The Morgan fingerprint density at radius 1 is 1.42 bits per heavy atom. The summed E-state index contributed by atoms with van der Waals surface area (Å²) in [5, 5.41) is 17.6. The number of nitro benzene ring substituents is 1. The maximum absolute atomic E-state index is 10.9. The number of likely N-dealkylation sites (tertiary alicyclic amines) is 1. The van der Waals surface area contributed by atoms with Crippen molar-refractivity contribution in [3.05, 3.63) is 39.9 Å². The molecule has 1 saturated heterocycles. The molecule has 0 radical (unpaired) electrons. The summed E-state index contributed by atoms with van der Waals surface area (Å²) in [6.07, 6.45) is 2.12. The van der Waals surface area contributed by atoms with Crippen LogP contribution in [0.5, 0.6) is 0 Å². The third-order valence-corrected chi connectivity index (χ3v) is 4.43. The van der Waals surface area contributed by atoms with E-state index in [0.717, 1.165) is 57.2 Å². The fourth-order valence-corrected chi connectivity index (χ4v) is 2.97. The molecule has 1 aromatic carbocycles. The summed E-state index contributed by atoms with van der Waals surface area (Å²) in [5.41, 5.74) is 0.921. The van der Waals surface area contributed by atoms with E-state index < -0.39 is 0 Å². The van der Waals surface area contributed by atoms with E-state index in [1.54, 1.807) is 19.2 Å². The van der Waals surface area contributed by atoms with Crippen molar-refractivity contribution in [2.75, 3.05) is 39.9 Å². The van der Waals surface area contributed by atoms with Gasteiger partial charge in [0, 0.05) is 51.5 Å². The number of aliphatic imine (C=N–C) groups is 1. The van der Waals surface area contributed by atoms with Crippen LogP contribution in [-0.2, 0) is 11.3 Å². The van der Waals surface area contributed by atoms with Crippen molar-refractivity contribution < 1.29 is 9.66 Å². The van der Waals surface area contributed by atoms with Crippen LogP contribution in [-0.4, -0.2) is 61.7 Å². The average Bonchev–Trinajstić information content (AvgIpc) is 2.66. The number of hydrogen-bond acceptors (Lipinski definition) is 5. The molecule has 1 heterocycles. The largest absolute Gasteiger partial charge is 0.383 e. The zero-order valence-electron chi connectivity index (χ0n) is 15.6. The minimum absolute atomic E-state index is 0.0964. The van der Waals surface area contributed by atoms with E-state index in [9.17, 15) is 10.1 Å². The van der Waals surface area contributed by atoms with E-state index in [4.69, 9.17) is 4.74 Å². The number of nitro groups is 1. The third kappa shape index (κ3) is 6.61. The Morgan fingerprint density at radius 2 is 2.19 bits per heavy atom. The number of guanidine groups is 1. The second-order valence-electron chi connectivity index (χ2n) is 6.38. The van der Waals surface area contributed by atoms with Gasteiger partial charge < -0.3 is 20.3 Å². The van der Waals surface area contributed by atoms with Crippen LogP contribution in [0.15, 0.2) is 29.3 Å². The quantitative estimate of drug-likeness (QED) is 0.316. The Balaban J connectivity index is 1.89. The van der Waals surface area contributed by atoms with Crippen molar-refractivity contribution in [3.8, 4) is 0 Å². The molecule has 1 aliphatic heterocycles. The van der Waals surface area contributed by atoms with Crippen LogP contribution in [0, 0.1) is 10.1 Å². The van der Waals surface area contributed by atoms with E-state index in [1.165, 1.54) is 6.07 Å². The van der Waals surface area contributed by atoms with Gasteiger partial charge in [0.05, 0.1) is 18.1 Å². The molecule has 0 atom stereocenters. The highest BCUT2D eigenvalue weighted by molar-refractivity contribution is 5.80. The molecule has 1 fully saturated rings. The predicted molar refractivity (Wildman–Crippen MR) is 102 cm³/mol. The molecule has 8 heteroatoms. The topological polar surface area (TPSA) is 92.0 Å². The zero-order chi connectivity index (χ0) is 18.8. The van der Waals surface area contributed by atoms with Gasteiger partial charge in [0.2, 0.25) is 0 Å². The molecule has 2 N–H and O–H groups in total. The molecule has 2 rings (SSSR count). The fraction of sp³-hybridized carbons (Fsp3) is 0.611. The summed E-state index contributed by atoms with van der Waals surface area (Å²) < 4.78 is 5.14. The molecule has 0 saturated carbocycles. The van der Waals surface area contributed by atoms with Crippen molar-refractivity contribution in [2.45, 2.75) is 32.4 Å². The lowest BCUT2D eigenvalue weighted by molar-refractivity contribution is -0.384. The third-order valence-electron chi connectivity index (χ3n) is 4.43. The van der Waals surface area contributed by atoms with E-state index >= 15 is 0 Å². The monoisotopic (exact) mass is 363 g/mol. The Bertz CT molecular complexity index is 600. The highest BCUT2D eigenvalue weighted by Gasteiger charge is 2.19. The first-order chi connectivity index (χ1) is 12.6. The summed E-state index contributed by atoms with van der Waals surface area (Å²) in [5.74, 6) is 0.759. The maximum Gasteiger partial charge on any atom is 0.269 e. The van der Waals surface area contributed by atoms with Crippen LogP contribution in [0.4, 0.5) is 5.69 Å². The molecule has 0 spiro atoms. The zero-order valence-corrected chi connectivity index (χ0v) is 15.6. The Morgan fingerprint density at radius 3 is 2.85 bits per heavy atom. The van der Waals surface area contributed by atoms with Gasteiger partial charge >= 0.3 is 0 Å². The van der Waals surface area contributed by atoms with Crippen molar-refractivity contribution >= 4 is 11.6 Å². The van der Waals surface area contributed by atoms with Crippen LogP contribution in [0.2, 0.25) is 0 Å². The molecule has 144 valence electrons. The summed E-state index contributed by atoms with van der Waals surface area (Å²) >= 11 is 0. The summed E-state index contributed by atoms with van der Waals surface area (Å²) in [6, 6.07) is 7.00. The average molecular weight is 363 g/mol. The van der Waals surface area contributed by atoms with Gasteiger partial charge in [-0.15, -0.1) is 0 Å². The summed E-state index contributed by atoms with van der Waals surface area (Å²) in [4.78, 5) is 17.5. The summed E-state index contributed by atoms with van der Waals surface area (Å²) in [7, 11) is 1.73. The first-order valence-corrected chi connectivity index (χ1v) is 9.11. The Kier molecular flexibility index (Phi) is 8.30. The van der Waals surface area contributed by atoms with Gasteiger partial charge in [-0.05, 0) is 25.3 Å². The second-order valence-corrected chi connectivity index (χ2v) is 6.38. The fourth-order valence-electron chi connectivity index (χ4n) is 2.97. The number of ether oxygens (including phenoxy) is 1. The lowest BCUT2D eigenvalue weighted by Crippen LogP contribution is -2.49. The number of nitrogens with one attached hydrogen (secondary N) is 2. The molecular weight excluding hydrogens is 334 g/mol. The number of non-ortho nitro benzene ring substituents is 1. The van der Waals surface area contributed by atoms with Crippen molar-refractivity contribution in [2.24, 2.45) is 4.99 Å². The molecule has 0 aromatic heterocycles. The number of piperidine rings is 1. The van der Waals surface area contributed by atoms with Gasteiger partial charge in [0.25, 0.3) is 5.69 Å². The number of hydrogen-bond donors (Lipinski definition) is 2. The van der Waals surface area contributed by atoms with E-state index in [0.29, 0.717) is 12.6 Å². The molecule has 26 heavy (non-hydrogen) atoms. The summed E-state index contributed by atoms with van der Waals surface area (Å²) in [6.45, 7) is 7.04. The number of nitrogens with zero attached hydrogens (tertiary/aromatic N) is 3. The first kappa shape index (κ1) is 20.1. The number of rotatable bonds is 8. The van der Waals surface area contributed by atoms with Gasteiger partial charge in [-0.3, -0.25) is 10.1 Å². The molecule has 0 aliphatic carbocycles. The number of benzene rings is 1. The van der Waals surface area contributed by atoms with E-state index in [2.05, 4.69) is 20.5 Å². The van der Waals surface area contributed by atoms with Gasteiger partial charge in [-0.25, -0.2) is 4.99 Å². The van der Waals surface area contributed by atoms with Gasteiger partial charge in [-0.1, -0.05) is 12.1 Å². The van der Waals surface area contributed by atoms with Gasteiger partial charge in [0.15, 0.2) is 5.96 Å². The normalized spacial score (nSPS) is 16.5. The highest BCUT2D eigenvalue weighted by atomic mass is 16.6. The van der Waals surface area contributed by atoms with Gasteiger partial charge in [0.1, 0.15) is 0 Å². The molecule has 0 bridgehead atoms. The Hall–Kier alpha value is -2.19. The molecule has 0 amide bonds. The molecule has 0 unspecified atom stereocenters. The second kappa shape index (κ2) is 10.7. The van der Waals surface area contributed by atoms with Crippen LogP contribution in [0.25, 0.3) is 0 Å². The van der Waals surface area contributed by atoms with Crippen molar-refractivity contribution in [1.29, 1.82) is 0 Å². The van der Waals surface area contributed by atoms with E-state index in [-0.39, 0.29) is 10.6 Å². The molecular formula is C18H29N5O3. The standard InChI is InChI=1S/C18H29N5O3/c1-3-19-18(20-14-15-5-4-6-17(13-15)23(24)25)21-16-7-9-22(10-8-16)11-12-26-2/h4-6,13,16H,3,7-12,14H2,1-2H3,(H2,19,20,21). The van der Waals surface area contributed by atoms with Crippen molar-refractivity contribution in [1.82, 2.24) is 15.5 Å².